The third-order valence-corrected chi connectivity index (χ3v) is 4.23. The van der Waals surface area contributed by atoms with Crippen molar-refractivity contribution in [2.45, 2.75) is 6.92 Å². The molecule has 4 rings (SSSR count). The van der Waals surface area contributed by atoms with Gasteiger partial charge in [0, 0.05) is 18.1 Å². The Balaban J connectivity index is 1.33. The molecule has 8 heteroatoms. The first-order valence-corrected chi connectivity index (χ1v) is 9.20. The van der Waals surface area contributed by atoms with Crippen LogP contribution in [0.5, 0.6) is 11.5 Å². The summed E-state index contributed by atoms with van der Waals surface area (Å²) in [6, 6.07) is 18.0. The second-order valence-corrected chi connectivity index (χ2v) is 6.41. The van der Waals surface area contributed by atoms with Gasteiger partial charge in [-0.25, -0.2) is 14.3 Å². The fraction of sp³-hybridized carbons (Fsp3) is 0.0909. The van der Waals surface area contributed by atoms with Crippen LogP contribution in [0.1, 0.15) is 16.1 Å². The molecule has 0 spiro atoms. The molecule has 0 unspecified atom stereocenters. The second-order valence-electron chi connectivity index (χ2n) is 6.41. The SMILES string of the molecule is Cc1nn2cccnc2c1C(=O)OCC(=O)Nc1ccc(Oc2ccccc2)cc1. The number of nitrogens with zero attached hydrogens (tertiary/aromatic N) is 3. The number of fused-ring (bicyclic) bond motifs is 1. The third kappa shape index (κ3) is 4.27. The number of ether oxygens (including phenoxy) is 2. The van der Waals surface area contributed by atoms with E-state index in [0.717, 1.165) is 5.75 Å². The van der Waals surface area contributed by atoms with Gasteiger partial charge in [0.2, 0.25) is 0 Å². The van der Waals surface area contributed by atoms with Crippen molar-refractivity contribution in [2.24, 2.45) is 0 Å². The van der Waals surface area contributed by atoms with Crippen molar-refractivity contribution >= 4 is 23.2 Å². The lowest BCUT2D eigenvalue weighted by Gasteiger charge is -2.08. The Hall–Kier alpha value is -4.20. The first-order valence-electron chi connectivity index (χ1n) is 9.20. The second kappa shape index (κ2) is 8.44. The summed E-state index contributed by atoms with van der Waals surface area (Å²) in [5.74, 6) is 0.255. The van der Waals surface area contributed by atoms with Crippen LogP contribution < -0.4 is 10.1 Å². The molecule has 0 radical (unpaired) electrons. The molecule has 0 bridgehead atoms. The molecular formula is C22H18N4O4. The number of aromatic nitrogens is 3. The minimum absolute atomic E-state index is 0.241. The largest absolute Gasteiger partial charge is 0.457 e. The number of anilines is 1. The fourth-order valence-electron chi connectivity index (χ4n) is 2.87. The van der Waals surface area contributed by atoms with Crippen LogP contribution in [0.2, 0.25) is 0 Å². The van der Waals surface area contributed by atoms with Crippen LogP contribution in [-0.2, 0) is 9.53 Å². The Labute approximate surface area is 172 Å². The van der Waals surface area contributed by atoms with Crippen molar-refractivity contribution in [1.29, 1.82) is 0 Å². The Kier molecular flexibility index (Phi) is 5.38. The molecule has 150 valence electrons. The average Bonchev–Trinajstić information content (AvgIpc) is 3.10. The molecule has 0 atom stereocenters. The Bertz CT molecular complexity index is 1190. The summed E-state index contributed by atoms with van der Waals surface area (Å²) in [5, 5.41) is 6.89. The quantitative estimate of drug-likeness (QED) is 0.495. The fourth-order valence-corrected chi connectivity index (χ4v) is 2.87. The molecule has 0 aliphatic carbocycles. The molecule has 0 saturated carbocycles. The van der Waals surface area contributed by atoms with Gasteiger partial charge in [-0.3, -0.25) is 4.79 Å². The van der Waals surface area contributed by atoms with Crippen molar-refractivity contribution < 1.29 is 19.1 Å². The molecule has 30 heavy (non-hydrogen) atoms. The van der Waals surface area contributed by atoms with Crippen LogP contribution in [-0.4, -0.2) is 33.1 Å². The van der Waals surface area contributed by atoms with Gasteiger partial charge in [0.25, 0.3) is 5.91 Å². The molecule has 0 saturated heterocycles. The van der Waals surface area contributed by atoms with Crippen LogP contribution in [0.3, 0.4) is 0 Å². The van der Waals surface area contributed by atoms with E-state index in [2.05, 4.69) is 15.4 Å². The van der Waals surface area contributed by atoms with Crippen LogP contribution >= 0.6 is 0 Å². The highest BCUT2D eigenvalue weighted by molar-refractivity contribution is 5.99. The maximum atomic E-state index is 12.4. The zero-order valence-corrected chi connectivity index (χ0v) is 16.1. The number of hydrogen-bond acceptors (Lipinski definition) is 6. The molecule has 2 aromatic carbocycles. The van der Waals surface area contributed by atoms with Gasteiger partial charge in [0.05, 0.1) is 5.69 Å². The molecule has 0 aliphatic rings. The number of carbonyl (C=O) groups is 2. The first-order chi connectivity index (χ1) is 14.6. The number of amides is 1. The number of hydrogen-bond donors (Lipinski definition) is 1. The zero-order valence-electron chi connectivity index (χ0n) is 16.1. The van der Waals surface area contributed by atoms with E-state index in [4.69, 9.17) is 9.47 Å². The Morgan fingerprint density at radius 1 is 1.00 bits per heavy atom. The minimum Gasteiger partial charge on any atom is -0.457 e. The summed E-state index contributed by atoms with van der Waals surface area (Å²) < 4.78 is 12.3. The predicted molar refractivity (Wildman–Crippen MR) is 110 cm³/mol. The maximum absolute atomic E-state index is 12.4. The van der Waals surface area contributed by atoms with Crippen LogP contribution in [0.4, 0.5) is 5.69 Å². The van der Waals surface area contributed by atoms with Crippen molar-refractivity contribution in [2.75, 3.05) is 11.9 Å². The normalized spacial score (nSPS) is 10.6. The van der Waals surface area contributed by atoms with E-state index in [-0.39, 0.29) is 5.56 Å². The first kappa shape index (κ1) is 19.1. The number of aryl methyl sites for hydroxylation is 1. The van der Waals surface area contributed by atoms with E-state index in [1.807, 2.05) is 30.3 Å². The standard InChI is InChI=1S/C22H18N4O4/c1-15-20(21-23-12-5-13-26(21)25-15)22(28)29-14-19(27)24-16-8-10-18(11-9-16)30-17-6-3-2-4-7-17/h2-13H,14H2,1H3,(H,24,27). The topological polar surface area (TPSA) is 94.8 Å². The Morgan fingerprint density at radius 3 is 2.50 bits per heavy atom. The molecule has 2 heterocycles. The van der Waals surface area contributed by atoms with Crippen molar-refractivity contribution in [3.8, 4) is 11.5 Å². The van der Waals surface area contributed by atoms with E-state index in [1.54, 1.807) is 49.6 Å². The Morgan fingerprint density at radius 2 is 1.73 bits per heavy atom. The van der Waals surface area contributed by atoms with Crippen molar-refractivity contribution in [1.82, 2.24) is 14.6 Å². The smallest absolute Gasteiger partial charge is 0.344 e. The number of para-hydroxylation sites is 1. The molecule has 1 amide bonds. The molecule has 4 aromatic rings. The van der Waals surface area contributed by atoms with Gasteiger partial charge in [0.15, 0.2) is 12.3 Å². The molecule has 0 fully saturated rings. The van der Waals surface area contributed by atoms with Gasteiger partial charge in [0.1, 0.15) is 17.1 Å². The minimum atomic E-state index is -0.650. The van der Waals surface area contributed by atoms with E-state index in [0.29, 0.717) is 22.8 Å². The summed E-state index contributed by atoms with van der Waals surface area (Å²) in [7, 11) is 0. The maximum Gasteiger partial charge on any atom is 0.344 e. The van der Waals surface area contributed by atoms with Crippen LogP contribution in [0.15, 0.2) is 73.1 Å². The molecular weight excluding hydrogens is 384 g/mol. The molecule has 2 aromatic heterocycles. The summed E-state index contributed by atoms with van der Waals surface area (Å²) in [6.45, 7) is 1.26. The monoisotopic (exact) mass is 402 g/mol. The predicted octanol–water partition coefficient (Wildman–Crippen LogP) is 3.63. The van der Waals surface area contributed by atoms with E-state index < -0.39 is 18.5 Å². The molecule has 0 aliphatic heterocycles. The lowest BCUT2D eigenvalue weighted by Crippen LogP contribution is -2.21. The van der Waals surface area contributed by atoms with Crippen molar-refractivity contribution in [3.05, 3.63) is 84.3 Å². The summed E-state index contributed by atoms with van der Waals surface area (Å²) in [4.78, 5) is 28.7. The molecule has 1 N–H and O–H groups in total. The number of rotatable bonds is 6. The van der Waals surface area contributed by atoms with Gasteiger partial charge >= 0.3 is 5.97 Å². The molecule has 8 nitrogen and oxygen atoms in total. The summed E-state index contributed by atoms with van der Waals surface area (Å²) in [5.41, 5.74) is 1.67. The highest BCUT2D eigenvalue weighted by Crippen LogP contribution is 2.22. The van der Waals surface area contributed by atoms with Gasteiger partial charge < -0.3 is 14.8 Å². The lowest BCUT2D eigenvalue weighted by molar-refractivity contribution is -0.119. The lowest BCUT2D eigenvalue weighted by atomic mass is 10.2. The van der Waals surface area contributed by atoms with E-state index >= 15 is 0 Å². The third-order valence-electron chi connectivity index (χ3n) is 4.23. The summed E-state index contributed by atoms with van der Waals surface area (Å²) >= 11 is 0. The number of benzene rings is 2. The van der Waals surface area contributed by atoms with Crippen molar-refractivity contribution in [3.63, 3.8) is 0 Å². The highest BCUT2D eigenvalue weighted by Gasteiger charge is 2.20. The van der Waals surface area contributed by atoms with Gasteiger partial charge in [-0.1, -0.05) is 18.2 Å². The number of nitrogens with one attached hydrogen (secondary N) is 1. The van der Waals surface area contributed by atoms with Gasteiger partial charge in [-0.15, -0.1) is 0 Å². The summed E-state index contributed by atoms with van der Waals surface area (Å²) in [6.07, 6.45) is 3.25. The zero-order chi connectivity index (χ0) is 20.9. The highest BCUT2D eigenvalue weighted by atomic mass is 16.5. The van der Waals surface area contributed by atoms with E-state index in [9.17, 15) is 9.59 Å². The van der Waals surface area contributed by atoms with Gasteiger partial charge in [-0.05, 0) is 49.4 Å². The van der Waals surface area contributed by atoms with Gasteiger partial charge in [-0.2, -0.15) is 5.10 Å². The number of esters is 1. The van der Waals surface area contributed by atoms with Crippen LogP contribution in [0, 0.1) is 6.92 Å². The number of carbonyl (C=O) groups excluding carboxylic acids is 2. The average molecular weight is 402 g/mol. The van der Waals surface area contributed by atoms with E-state index in [1.165, 1.54) is 4.52 Å². The van der Waals surface area contributed by atoms with Crippen LogP contribution in [0.25, 0.3) is 5.65 Å².